The Bertz CT molecular complexity index is 1100. The van der Waals surface area contributed by atoms with Crippen LogP contribution in [0.15, 0.2) is 65.6 Å². The molecular weight excluding hydrogens is 328 g/mol. The van der Waals surface area contributed by atoms with Crippen LogP contribution in [-0.2, 0) is 0 Å². The Morgan fingerprint density at radius 3 is 2.50 bits per heavy atom. The Labute approximate surface area is 150 Å². The number of rotatable bonds is 4. The first-order valence-corrected chi connectivity index (χ1v) is 8.34. The predicted octanol–water partition coefficient (Wildman–Crippen LogP) is 3.40. The third-order valence-corrected chi connectivity index (χ3v) is 4.48. The van der Waals surface area contributed by atoms with Crippen LogP contribution in [0, 0.1) is 0 Å². The summed E-state index contributed by atoms with van der Waals surface area (Å²) in [5.74, 6) is 0.777. The number of H-pyrrole nitrogens is 1. The van der Waals surface area contributed by atoms with E-state index >= 15 is 0 Å². The van der Waals surface area contributed by atoms with Crippen molar-refractivity contribution in [3.63, 3.8) is 0 Å². The van der Waals surface area contributed by atoms with E-state index in [0.717, 1.165) is 16.9 Å². The van der Waals surface area contributed by atoms with Crippen molar-refractivity contribution < 1.29 is 4.74 Å². The molecule has 0 aliphatic heterocycles. The summed E-state index contributed by atoms with van der Waals surface area (Å²) < 4.78 is 6.84. The molecule has 0 spiro atoms. The maximum atomic E-state index is 12.5. The molecule has 4 rings (SSSR count). The van der Waals surface area contributed by atoms with E-state index in [-0.39, 0.29) is 11.7 Å². The van der Waals surface area contributed by atoms with Crippen LogP contribution in [0.4, 0.5) is 0 Å². The smallest absolute Gasteiger partial charge is 0.329 e. The van der Waals surface area contributed by atoms with E-state index < -0.39 is 0 Å². The number of aromatic nitrogens is 4. The van der Waals surface area contributed by atoms with Crippen LogP contribution < -0.4 is 10.4 Å². The van der Waals surface area contributed by atoms with E-state index in [1.807, 2.05) is 61.5 Å². The fourth-order valence-electron chi connectivity index (χ4n) is 3.03. The van der Waals surface area contributed by atoms with Gasteiger partial charge in [-0.3, -0.25) is 9.55 Å². The van der Waals surface area contributed by atoms with Crippen LogP contribution >= 0.6 is 0 Å². The van der Waals surface area contributed by atoms with Gasteiger partial charge in [-0.2, -0.15) is 0 Å². The summed E-state index contributed by atoms with van der Waals surface area (Å²) in [6.07, 6.45) is 1.66. The minimum absolute atomic E-state index is 0.155. The lowest BCUT2D eigenvalue weighted by molar-refractivity contribution is 0.415. The van der Waals surface area contributed by atoms with E-state index in [1.54, 1.807) is 17.9 Å². The summed E-state index contributed by atoms with van der Waals surface area (Å²) in [6, 6.07) is 17.3. The third kappa shape index (κ3) is 2.75. The van der Waals surface area contributed by atoms with E-state index in [2.05, 4.69) is 9.97 Å². The quantitative estimate of drug-likeness (QED) is 0.615. The van der Waals surface area contributed by atoms with E-state index in [0.29, 0.717) is 17.0 Å². The number of ether oxygens (including phenoxy) is 1. The topological polar surface area (TPSA) is 72.8 Å². The second-order valence-electron chi connectivity index (χ2n) is 6.04. The Balaban J connectivity index is 1.83. The molecule has 4 aromatic rings. The van der Waals surface area contributed by atoms with Gasteiger partial charge in [0, 0.05) is 5.56 Å². The Morgan fingerprint density at radius 2 is 1.81 bits per heavy atom. The van der Waals surface area contributed by atoms with Crippen LogP contribution in [-0.4, -0.2) is 26.6 Å². The summed E-state index contributed by atoms with van der Waals surface area (Å²) in [5, 5.41) is 0. The number of benzene rings is 2. The van der Waals surface area contributed by atoms with Crippen LogP contribution in [0.2, 0.25) is 0 Å². The molecule has 2 aromatic carbocycles. The first-order chi connectivity index (χ1) is 12.7. The summed E-state index contributed by atoms with van der Waals surface area (Å²) in [4.78, 5) is 24.4. The number of methoxy groups -OCH3 is 1. The van der Waals surface area contributed by atoms with Gasteiger partial charge in [0.25, 0.3) is 0 Å². The molecular formula is C20H18N4O2. The van der Waals surface area contributed by atoms with Crippen molar-refractivity contribution in [1.29, 1.82) is 0 Å². The van der Waals surface area contributed by atoms with E-state index in [9.17, 15) is 4.79 Å². The van der Waals surface area contributed by atoms with Crippen LogP contribution in [0.1, 0.15) is 18.5 Å². The average Bonchev–Trinajstić information content (AvgIpc) is 3.03. The van der Waals surface area contributed by atoms with Gasteiger partial charge in [-0.05, 0) is 36.8 Å². The summed E-state index contributed by atoms with van der Waals surface area (Å²) in [7, 11) is 1.63. The van der Waals surface area contributed by atoms with Crippen LogP contribution in [0.5, 0.6) is 5.75 Å². The van der Waals surface area contributed by atoms with Crippen molar-refractivity contribution >= 4 is 11.3 Å². The first-order valence-electron chi connectivity index (χ1n) is 8.34. The van der Waals surface area contributed by atoms with E-state index in [1.165, 1.54) is 0 Å². The summed E-state index contributed by atoms with van der Waals surface area (Å²) in [5.41, 5.74) is 3.45. The number of imidazole rings is 1. The molecule has 6 nitrogen and oxygen atoms in total. The zero-order chi connectivity index (χ0) is 18.1. The molecule has 0 saturated heterocycles. The number of hydrogen-bond donors (Lipinski definition) is 1. The van der Waals surface area contributed by atoms with Crippen LogP contribution in [0.3, 0.4) is 0 Å². The van der Waals surface area contributed by atoms with Crippen molar-refractivity contribution in [2.24, 2.45) is 0 Å². The minimum Gasteiger partial charge on any atom is -0.497 e. The molecule has 6 heteroatoms. The Kier molecular flexibility index (Phi) is 4.01. The highest BCUT2D eigenvalue weighted by Gasteiger charge is 2.17. The maximum Gasteiger partial charge on any atom is 0.329 e. The minimum atomic E-state index is -0.219. The molecule has 1 N–H and O–H groups in total. The van der Waals surface area contributed by atoms with Gasteiger partial charge in [0.15, 0.2) is 11.3 Å². The van der Waals surface area contributed by atoms with Gasteiger partial charge in [-0.25, -0.2) is 14.8 Å². The monoisotopic (exact) mass is 346 g/mol. The van der Waals surface area contributed by atoms with Gasteiger partial charge in [0.1, 0.15) is 5.75 Å². The van der Waals surface area contributed by atoms with Crippen molar-refractivity contribution in [3.05, 3.63) is 76.8 Å². The zero-order valence-electron chi connectivity index (χ0n) is 14.5. The molecule has 0 unspecified atom stereocenters. The van der Waals surface area contributed by atoms with Crippen molar-refractivity contribution in [2.75, 3.05) is 7.11 Å². The number of hydrogen-bond acceptors (Lipinski definition) is 4. The van der Waals surface area contributed by atoms with Gasteiger partial charge >= 0.3 is 5.69 Å². The van der Waals surface area contributed by atoms with E-state index in [4.69, 9.17) is 9.72 Å². The molecule has 0 bridgehead atoms. The number of nitrogens with zero attached hydrogens (tertiary/aromatic N) is 3. The Hall–Kier alpha value is -3.41. The molecule has 0 fully saturated rings. The molecule has 130 valence electrons. The molecule has 2 aromatic heterocycles. The highest BCUT2D eigenvalue weighted by molar-refractivity contribution is 5.71. The molecule has 0 saturated carbocycles. The standard InChI is InChI=1S/C20H18N4O2/c1-13(14-6-4-3-5-7-14)24-19-18(23-20(24)25)21-12-17(22-19)15-8-10-16(26-2)11-9-15/h3-13H,1-2H3,(H,21,23,25)/t13-/m1/s1. The molecule has 26 heavy (non-hydrogen) atoms. The molecule has 0 amide bonds. The summed E-state index contributed by atoms with van der Waals surface area (Å²) in [6.45, 7) is 1.98. The molecule has 0 aliphatic rings. The van der Waals surface area contributed by atoms with Crippen molar-refractivity contribution in [1.82, 2.24) is 19.5 Å². The zero-order valence-corrected chi connectivity index (χ0v) is 14.5. The summed E-state index contributed by atoms with van der Waals surface area (Å²) >= 11 is 0. The number of nitrogens with one attached hydrogen (secondary N) is 1. The predicted molar refractivity (Wildman–Crippen MR) is 100 cm³/mol. The second-order valence-corrected chi connectivity index (χ2v) is 6.04. The van der Waals surface area contributed by atoms with Crippen LogP contribution in [0.25, 0.3) is 22.6 Å². The molecule has 0 aliphatic carbocycles. The first kappa shape index (κ1) is 16.1. The third-order valence-electron chi connectivity index (χ3n) is 4.48. The normalized spacial score (nSPS) is 12.2. The molecule has 1 atom stereocenters. The average molecular weight is 346 g/mol. The SMILES string of the molecule is COc1ccc(-c2cnc3[nH]c(=O)n([C@H](C)c4ccccc4)c3n2)cc1. The largest absolute Gasteiger partial charge is 0.497 e. The fraction of sp³-hybridized carbons (Fsp3) is 0.150. The van der Waals surface area contributed by atoms with Gasteiger partial charge in [-0.15, -0.1) is 0 Å². The number of aromatic amines is 1. The molecule has 0 radical (unpaired) electrons. The lowest BCUT2D eigenvalue weighted by atomic mass is 10.1. The van der Waals surface area contributed by atoms with Gasteiger partial charge in [0.2, 0.25) is 0 Å². The highest BCUT2D eigenvalue weighted by atomic mass is 16.5. The van der Waals surface area contributed by atoms with Gasteiger partial charge < -0.3 is 4.74 Å². The molecule has 2 heterocycles. The van der Waals surface area contributed by atoms with Crippen molar-refractivity contribution in [3.8, 4) is 17.0 Å². The number of fused-ring (bicyclic) bond motifs is 1. The Morgan fingerprint density at radius 1 is 1.08 bits per heavy atom. The highest BCUT2D eigenvalue weighted by Crippen LogP contribution is 2.23. The van der Waals surface area contributed by atoms with Gasteiger partial charge in [-0.1, -0.05) is 30.3 Å². The fourth-order valence-corrected chi connectivity index (χ4v) is 3.03. The lowest BCUT2D eigenvalue weighted by Gasteiger charge is -2.13. The second kappa shape index (κ2) is 6.48. The van der Waals surface area contributed by atoms with Gasteiger partial charge in [0.05, 0.1) is 25.0 Å². The lowest BCUT2D eigenvalue weighted by Crippen LogP contribution is -2.21. The van der Waals surface area contributed by atoms with Crippen molar-refractivity contribution in [2.45, 2.75) is 13.0 Å². The maximum absolute atomic E-state index is 12.5.